The van der Waals surface area contributed by atoms with Crippen molar-refractivity contribution in [3.05, 3.63) is 65.2 Å². The zero-order valence-corrected chi connectivity index (χ0v) is 20.0. The summed E-state index contributed by atoms with van der Waals surface area (Å²) < 4.78 is 0. The maximum atomic E-state index is 12.7. The lowest BCUT2D eigenvalue weighted by Gasteiger charge is -2.33. The number of hydrogen-bond donors (Lipinski definition) is 2. The molecule has 0 saturated carbocycles. The number of anilines is 1. The van der Waals surface area contributed by atoms with Crippen LogP contribution in [0, 0.1) is 6.92 Å². The highest BCUT2D eigenvalue weighted by Crippen LogP contribution is 2.28. The van der Waals surface area contributed by atoms with Gasteiger partial charge in [-0.15, -0.1) is 0 Å². The van der Waals surface area contributed by atoms with Crippen LogP contribution in [0.2, 0.25) is 0 Å². The molecular weight excluding hydrogens is 410 g/mol. The molecule has 0 unspecified atom stereocenters. The lowest BCUT2D eigenvalue weighted by molar-refractivity contribution is -0.118. The second-order valence-corrected chi connectivity index (χ2v) is 9.15. The van der Waals surface area contributed by atoms with E-state index in [0.29, 0.717) is 12.5 Å². The SMILES string of the molecule is CN=C(NCCCC(=O)N1CCc2ccccc21)NC1CCN(Cc2ccccc2C)CC1. The summed E-state index contributed by atoms with van der Waals surface area (Å²) in [5, 5.41) is 6.97. The fourth-order valence-electron chi connectivity index (χ4n) is 4.83. The standard InChI is InChI=1S/C27H37N5O/c1-21-8-3-4-10-23(21)20-31-17-14-24(15-18-31)30-27(28-2)29-16-7-12-26(33)32-19-13-22-9-5-6-11-25(22)32/h3-6,8-11,24H,7,12-20H2,1-2H3,(H2,28,29,30). The molecule has 0 atom stereocenters. The number of fused-ring (bicyclic) bond motifs is 1. The van der Waals surface area contributed by atoms with Crippen LogP contribution in [0.25, 0.3) is 0 Å². The number of nitrogens with zero attached hydrogens (tertiary/aromatic N) is 3. The second kappa shape index (κ2) is 11.3. The Morgan fingerprint density at radius 2 is 1.82 bits per heavy atom. The molecule has 2 aliphatic rings. The second-order valence-electron chi connectivity index (χ2n) is 9.15. The Balaban J connectivity index is 1.14. The van der Waals surface area contributed by atoms with E-state index >= 15 is 0 Å². The predicted molar refractivity (Wildman–Crippen MR) is 136 cm³/mol. The highest BCUT2D eigenvalue weighted by Gasteiger charge is 2.24. The van der Waals surface area contributed by atoms with Gasteiger partial charge in [0.25, 0.3) is 0 Å². The molecule has 1 fully saturated rings. The molecule has 6 heteroatoms. The van der Waals surface area contributed by atoms with Crippen LogP contribution in [-0.2, 0) is 17.8 Å². The Bertz CT molecular complexity index is 964. The van der Waals surface area contributed by atoms with Gasteiger partial charge in [0.05, 0.1) is 0 Å². The van der Waals surface area contributed by atoms with Crippen LogP contribution in [0.1, 0.15) is 42.4 Å². The predicted octanol–water partition coefficient (Wildman–Crippen LogP) is 3.49. The minimum atomic E-state index is 0.214. The Morgan fingerprint density at radius 3 is 2.61 bits per heavy atom. The number of carbonyl (C=O) groups excluding carboxylic acids is 1. The first-order valence-electron chi connectivity index (χ1n) is 12.3. The van der Waals surface area contributed by atoms with E-state index < -0.39 is 0 Å². The first-order valence-corrected chi connectivity index (χ1v) is 12.3. The minimum absolute atomic E-state index is 0.214. The van der Waals surface area contributed by atoms with Crippen molar-refractivity contribution in [2.75, 3.05) is 38.1 Å². The molecule has 0 aromatic heterocycles. The summed E-state index contributed by atoms with van der Waals surface area (Å²) in [6, 6.07) is 17.3. The Morgan fingerprint density at radius 1 is 1.06 bits per heavy atom. The molecule has 1 amide bonds. The number of benzene rings is 2. The molecule has 4 rings (SSSR count). The number of likely N-dealkylation sites (tertiary alicyclic amines) is 1. The number of hydrogen-bond acceptors (Lipinski definition) is 3. The average molecular weight is 448 g/mol. The largest absolute Gasteiger partial charge is 0.356 e. The third-order valence-corrected chi connectivity index (χ3v) is 6.86. The van der Waals surface area contributed by atoms with Crippen LogP contribution >= 0.6 is 0 Å². The third-order valence-electron chi connectivity index (χ3n) is 6.86. The van der Waals surface area contributed by atoms with Crippen molar-refractivity contribution in [1.29, 1.82) is 0 Å². The van der Waals surface area contributed by atoms with Gasteiger partial charge in [-0.1, -0.05) is 42.5 Å². The van der Waals surface area contributed by atoms with Crippen LogP contribution in [0.3, 0.4) is 0 Å². The molecule has 0 spiro atoms. The van der Waals surface area contributed by atoms with Crippen molar-refractivity contribution in [1.82, 2.24) is 15.5 Å². The molecule has 0 bridgehead atoms. The Labute approximate surface area is 198 Å². The molecule has 2 aliphatic heterocycles. The molecular formula is C27H37N5O. The van der Waals surface area contributed by atoms with Gasteiger partial charge >= 0.3 is 0 Å². The van der Waals surface area contributed by atoms with Crippen molar-refractivity contribution < 1.29 is 4.79 Å². The monoisotopic (exact) mass is 447 g/mol. The van der Waals surface area contributed by atoms with Crippen LogP contribution in [-0.4, -0.2) is 56.0 Å². The first-order chi connectivity index (χ1) is 16.1. The lowest BCUT2D eigenvalue weighted by atomic mass is 10.0. The zero-order valence-electron chi connectivity index (χ0n) is 20.0. The fraction of sp³-hybridized carbons (Fsp3) is 0.481. The Hall–Kier alpha value is -2.86. The summed E-state index contributed by atoms with van der Waals surface area (Å²) in [6.45, 7) is 6.95. The summed E-state index contributed by atoms with van der Waals surface area (Å²) in [5.74, 6) is 1.05. The summed E-state index contributed by atoms with van der Waals surface area (Å²) in [4.78, 5) is 21.5. The van der Waals surface area contributed by atoms with Crippen molar-refractivity contribution in [2.45, 2.75) is 51.6 Å². The van der Waals surface area contributed by atoms with Gasteiger partial charge in [-0.25, -0.2) is 0 Å². The lowest BCUT2D eigenvalue weighted by Crippen LogP contribution is -2.48. The van der Waals surface area contributed by atoms with E-state index in [9.17, 15) is 4.79 Å². The van der Waals surface area contributed by atoms with Gasteiger partial charge in [-0.05, 0) is 55.4 Å². The van der Waals surface area contributed by atoms with E-state index in [1.807, 2.05) is 24.1 Å². The number of rotatable bonds is 7. The minimum Gasteiger partial charge on any atom is -0.356 e. The van der Waals surface area contributed by atoms with Crippen molar-refractivity contribution in [3.63, 3.8) is 0 Å². The van der Waals surface area contributed by atoms with E-state index in [1.54, 1.807) is 0 Å². The maximum absolute atomic E-state index is 12.7. The van der Waals surface area contributed by atoms with Crippen LogP contribution in [0.4, 0.5) is 5.69 Å². The van der Waals surface area contributed by atoms with Crippen molar-refractivity contribution in [3.8, 4) is 0 Å². The van der Waals surface area contributed by atoms with Gasteiger partial charge in [0.1, 0.15) is 0 Å². The van der Waals surface area contributed by atoms with Gasteiger partial charge < -0.3 is 15.5 Å². The maximum Gasteiger partial charge on any atom is 0.227 e. The molecule has 2 N–H and O–H groups in total. The number of carbonyl (C=O) groups is 1. The van der Waals surface area contributed by atoms with Gasteiger partial charge in [0.15, 0.2) is 5.96 Å². The highest BCUT2D eigenvalue weighted by atomic mass is 16.2. The number of guanidine groups is 1. The zero-order chi connectivity index (χ0) is 23.0. The van der Waals surface area contributed by atoms with Gasteiger partial charge in [-0.2, -0.15) is 0 Å². The van der Waals surface area contributed by atoms with Gasteiger partial charge in [-0.3, -0.25) is 14.7 Å². The number of amides is 1. The Kier molecular flexibility index (Phi) is 8.00. The summed E-state index contributed by atoms with van der Waals surface area (Å²) in [7, 11) is 1.81. The number of piperidine rings is 1. The van der Waals surface area contributed by atoms with E-state index in [4.69, 9.17) is 0 Å². The highest BCUT2D eigenvalue weighted by molar-refractivity contribution is 5.95. The molecule has 6 nitrogen and oxygen atoms in total. The third kappa shape index (κ3) is 6.14. The molecule has 2 aromatic rings. The van der Waals surface area contributed by atoms with Gasteiger partial charge in [0, 0.05) is 57.9 Å². The normalized spacial score (nSPS) is 17.2. The molecule has 1 saturated heterocycles. The van der Waals surface area contributed by atoms with Crippen LogP contribution < -0.4 is 15.5 Å². The molecule has 0 radical (unpaired) electrons. The van der Waals surface area contributed by atoms with E-state index in [-0.39, 0.29) is 5.91 Å². The molecule has 2 aromatic carbocycles. The van der Waals surface area contributed by atoms with E-state index in [1.165, 1.54) is 16.7 Å². The quantitative estimate of drug-likeness (QED) is 0.388. The van der Waals surface area contributed by atoms with Crippen molar-refractivity contribution >= 4 is 17.6 Å². The topological polar surface area (TPSA) is 60.0 Å². The van der Waals surface area contributed by atoms with E-state index in [2.05, 4.69) is 63.8 Å². The number of nitrogens with one attached hydrogen (secondary N) is 2. The summed E-state index contributed by atoms with van der Waals surface area (Å²) >= 11 is 0. The summed E-state index contributed by atoms with van der Waals surface area (Å²) in [5.41, 5.74) is 5.16. The number of aliphatic imine (C=N–C) groups is 1. The van der Waals surface area contributed by atoms with Crippen LogP contribution in [0.5, 0.6) is 0 Å². The molecule has 2 heterocycles. The van der Waals surface area contributed by atoms with Crippen molar-refractivity contribution in [2.24, 2.45) is 4.99 Å². The molecule has 0 aliphatic carbocycles. The van der Waals surface area contributed by atoms with Gasteiger partial charge in [0.2, 0.25) is 5.91 Å². The van der Waals surface area contributed by atoms with E-state index in [0.717, 1.165) is 70.1 Å². The average Bonchev–Trinajstić information content (AvgIpc) is 3.28. The molecule has 176 valence electrons. The number of aryl methyl sites for hydroxylation is 1. The van der Waals surface area contributed by atoms with Crippen LogP contribution in [0.15, 0.2) is 53.5 Å². The number of para-hydroxylation sites is 1. The summed E-state index contributed by atoms with van der Waals surface area (Å²) in [6.07, 6.45) is 4.53. The molecule has 33 heavy (non-hydrogen) atoms. The first kappa shape index (κ1) is 23.3. The smallest absolute Gasteiger partial charge is 0.227 e. The fourth-order valence-corrected chi connectivity index (χ4v) is 4.83.